The van der Waals surface area contributed by atoms with Crippen LogP contribution in [0.15, 0.2) is 267 Å². The molecule has 1 aromatic heterocycles. The molecule has 0 fully saturated rings. The van der Waals surface area contributed by atoms with Crippen molar-refractivity contribution < 1.29 is 0 Å². The van der Waals surface area contributed by atoms with Gasteiger partial charge in [0.2, 0.25) is 0 Å². The van der Waals surface area contributed by atoms with Crippen LogP contribution < -0.4 is 4.90 Å². The molecule has 12 aromatic rings. The maximum Gasteiger partial charge on any atom is 0.0541 e. The highest BCUT2D eigenvalue weighted by Crippen LogP contribution is 2.52. The minimum atomic E-state index is -0.170. The van der Waals surface area contributed by atoms with Crippen molar-refractivity contribution in [3.05, 3.63) is 278 Å². The summed E-state index contributed by atoms with van der Waals surface area (Å²) in [5.41, 5.74) is 23.7. The van der Waals surface area contributed by atoms with Crippen molar-refractivity contribution in [1.82, 2.24) is 4.57 Å². The van der Waals surface area contributed by atoms with Gasteiger partial charge in [-0.05, 0) is 127 Å². The Morgan fingerprint density at radius 1 is 0.296 bits per heavy atom. The lowest BCUT2D eigenvalue weighted by Crippen LogP contribution is -2.17. The second-order valence-electron chi connectivity index (χ2n) is 19.3. The fourth-order valence-corrected chi connectivity index (χ4v) is 11.3. The van der Waals surface area contributed by atoms with E-state index in [1.807, 2.05) is 0 Å². The fraction of sp³-hybridized carbons (Fsp3) is 0.0435. The van der Waals surface area contributed by atoms with Crippen LogP contribution in [0.3, 0.4) is 0 Å². The minimum absolute atomic E-state index is 0.170. The molecule has 0 saturated heterocycles. The molecule has 2 nitrogen and oxygen atoms in total. The number of anilines is 3. The number of para-hydroxylation sites is 3. The number of fused-ring (bicyclic) bond motifs is 6. The lowest BCUT2D eigenvalue weighted by atomic mass is 9.82. The quantitative estimate of drug-likeness (QED) is 0.140. The maximum absolute atomic E-state index is 2.48. The van der Waals surface area contributed by atoms with Crippen molar-refractivity contribution in [3.8, 4) is 72.4 Å². The van der Waals surface area contributed by atoms with Gasteiger partial charge in [0.25, 0.3) is 0 Å². The average Bonchev–Trinajstić information content (AvgIpc) is 3.89. The van der Waals surface area contributed by atoms with Gasteiger partial charge in [0.05, 0.1) is 22.4 Å². The van der Waals surface area contributed by atoms with Crippen LogP contribution in [-0.4, -0.2) is 4.57 Å². The minimum Gasteiger partial charge on any atom is -0.310 e. The van der Waals surface area contributed by atoms with E-state index in [4.69, 9.17) is 0 Å². The SMILES string of the molecule is CC1(C)c2ccccc2-c2ccc(N(c3ccc(-c4ccc(-c5ccccc5)cc4)cc3)c3ccc(-c4ccccc4-n4c5ccccc5c5ccccc54)cc3-c3cccc(-c4ccccc4)c3)cc21. The summed E-state index contributed by atoms with van der Waals surface area (Å²) < 4.78 is 2.44. The van der Waals surface area contributed by atoms with E-state index in [9.17, 15) is 0 Å². The van der Waals surface area contributed by atoms with Gasteiger partial charge in [-0.3, -0.25) is 0 Å². The zero-order valence-corrected chi connectivity index (χ0v) is 39.8. The summed E-state index contributed by atoms with van der Waals surface area (Å²) in [6, 6.07) is 98.0. The molecule has 0 radical (unpaired) electrons. The third-order valence-electron chi connectivity index (χ3n) is 14.8. The van der Waals surface area contributed by atoms with Gasteiger partial charge in [0, 0.05) is 38.7 Å². The van der Waals surface area contributed by atoms with Gasteiger partial charge in [-0.1, -0.05) is 220 Å². The number of aromatic nitrogens is 1. The average molecular weight is 907 g/mol. The van der Waals surface area contributed by atoms with Crippen LogP contribution in [0, 0.1) is 0 Å². The number of rotatable bonds is 9. The van der Waals surface area contributed by atoms with Gasteiger partial charge in [-0.2, -0.15) is 0 Å². The van der Waals surface area contributed by atoms with E-state index < -0.39 is 0 Å². The highest BCUT2D eigenvalue weighted by atomic mass is 15.1. The summed E-state index contributed by atoms with van der Waals surface area (Å²) >= 11 is 0. The molecule has 2 heteroatoms. The van der Waals surface area contributed by atoms with E-state index in [0.29, 0.717) is 0 Å². The Kier molecular flexibility index (Phi) is 10.2. The molecule has 13 rings (SSSR count). The molecule has 11 aromatic carbocycles. The summed E-state index contributed by atoms with van der Waals surface area (Å²) in [4.78, 5) is 2.48. The van der Waals surface area contributed by atoms with Gasteiger partial charge < -0.3 is 9.47 Å². The van der Waals surface area contributed by atoms with Crippen molar-refractivity contribution in [3.63, 3.8) is 0 Å². The van der Waals surface area contributed by atoms with Crippen LogP contribution in [0.25, 0.3) is 94.3 Å². The highest BCUT2D eigenvalue weighted by molar-refractivity contribution is 6.10. The van der Waals surface area contributed by atoms with E-state index in [1.54, 1.807) is 0 Å². The van der Waals surface area contributed by atoms with E-state index in [1.165, 1.54) is 77.4 Å². The lowest BCUT2D eigenvalue weighted by molar-refractivity contribution is 0.660. The van der Waals surface area contributed by atoms with Gasteiger partial charge >= 0.3 is 0 Å². The molecule has 0 spiro atoms. The largest absolute Gasteiger partial charge is 0.310 e. The van der Waals surface area contributed by atoms with Gasteiger partial charge in [0.15, 0.2) is 0 Å². The van der Waals surface area contributed by atoms with Gasteiger partial charge in [-0.15, -0.1) is 0 Å². The zero-order valence-electron chi connectivity index (χ0n) is 39.8. The van der Waals surface area contributed by atoms with Crippen molar-refractivity contribution in [2.75, 3.05) is 4.90 Å². The third kappa shape index (κ3) is 7.27. The Hall–Kier alpha value is -8.98. The normalized spacial score (nSPS) is 12.5. The highest BCUT2D eigenvalue weighted by Gasteiger charge is 2.36. The smallest absolute Gasteiger partial charge is 0.0541 e. The van der Waals surface area contributed by atoms with E-state index >= 15 is 0 Å². The number of hydrogen-bond acceptors (Lipinski definition) is 1. The summed E-state index contributed by atoms with van der Waals surface area (Å²) in [7, 11) is 0. The predicted molar refractivity (Wildman–Crippen MR) is 300 cm³/mol. The van der Waals surface area contributed by atoms with Crippen molar-refractivity contribution >= 4 is 38.9 Å². The zero-order chi connectivity index (χ0) is 47.5. The molecule has 0 saturated carbocycles. The summed E-state index contributed by atoms with van der Waals surface area (Å²) in [6.45, 7) is 4.74. The predicted octanol–water partition coefficient (Wildman–Crippen LogP) is 18.9. The van der Waals surface area contributed by atoms with Crippen molar-refractivity contribution in [2.24, 2.45) is 0 Å². The summed E-state index contributed by atoms with van der Waals surface area (Å²) in [5, 5.41) is 2.50. The fourth-order valence-electron chi connectivity index (χ4n) is 11.3. The van der Waals surface area contributed by atoms with Crippen molar-refractivity contribution in [2.45, 2.75) is 19.3 Å². The monoisotopic (exact) mass is 906 g/mol. The lowest BCUT2D eigenvalue weighted by Gasteiger charge is -2.30. The Labute approximate surface area is 416 Å². The first kappa shape index (κ1) is 42.1. The molecule has 1 heterocycles. The summed E-state index contributed by atoms with van der Waals surface area (Å²) in [6.07, 6.45) is 0. The van der Waals surface area contributed by atoms with E-state index in [0.717, 1.165) is 45.0 Å². The van der Waals surface area contributed by atoms with Crippen LogP contribution in [0.5, 0.6) is 0 Å². The van der Waals surface area contributed by atoms with Crippen LogP contribution in [0.1, 0.15) is 25.0 Å². The Morgan fingerprint density at radius 3 is 1.44 bits per heavy atom. The second kappa shape index (κ2) is 17.2. The molecule has 0 unspecified atom stereocenters. The molecule has 0 aliphatic heterocycles. The first-order valence-corrected chi connectivity index (χ1v) is 24.7. The van der Waals surface area contributed by atoms with Crippen LogP contribution in [0.2, 0.25) is 0 Å². The maximum atomic E-state index is 2.48. The van der Waals surface area contributed by atoms with Gasteiger partial charge in [0.1, 0.15) is 0 Å². The van der Waals surface area contributed by atoms with Gasteiger partial charge in [-0.25, -0.2) is 0 Å². The standard InChI is InChI=1S/C69H50N2/c1-69(2)63-28-13-9-25-58(63)59-42-41-56(46-64(59)69)70(55-39-36-51(37-40-55)50-34-32-49(33-35-50)47-18-5-3-6-19-47)68-43-38-54(45-62(68)53-23-17-22-52(44-53)48-20-7-4-8-21-48)57-24-10-14-29-65(57)71-66-30-15-11-26-60(66)61-27-12-16-31-67(61)71/h3-46H,1-2H3. The van der Waals surface area contributed by atoms with E-state index in [2.05, 4.69) is 290 Å². The van der Waals surface area contributed by atoms with Crippen LogP contribution >= 0.6 is 0 Å². The molecular weight excluding hydrogens is 857 g/mol. The molecule has 336 valence electrons. The first-order chi connectivity index (χ1) is 35.0. The van der Waals surface area contributed by atoms with Crippen LogP contribution in [0.4, 0.5) is 17.1 Å². The number of hydrogen-bond donors (Lipinski definition) is 0. The Balaban J connectivity index is 1.01. The second-order valence-corrected chi connectivity index (χ2v) is 19.3. The topological polar surface area (TPSA) is 8.17 Å². The molecule has 0 bridgehead atoms. The third-order valence-corrected chi connectivity index (χ3v) is 14.8. The van der Waals surface area contributed by atoms with Crippen LogP contribution in [-0.2, 0) is 5.41 Å². The molecule has 0 N–H and O–H groups in total. The summed E-state index contributed by atoms with van der Waals surface area (Å²) in [5.74, 6) is 0. The molecule has 1 aliphatic carbocycles. The number of nitrogens with zero attached hydrogens (tertiary/aromatic N) is 2. The first-order valence-electron chi connectivity index (χ1n) is 24.7. The molecule has 1 aliphatic rings. The Bertz CT molecular complexity index is 3880. The molecular formula is C69H50N2. The van der Waals surface area contributed by atoms with Crippen molar-refractivity contribution in [1.29, 1.82) is 0 Å². The molecule has 0 amide bonds. The molecule has 71 heavy (non-hydrogen) atoms. The number of benzene rings is 11. The van der Waals surface area contributed by atoms with E-state index in [-0.39, 0.29) is 5.41 Å². The Morgan fingerprint density at radius 2 is 0.761 bits per heavy atom. The molecule has 0 atom stereocenters.